The molecule has 3 aliphatic heterocycles. The largest absolute Gasteiger partial charge is 0.370 e. The Labute approximate surface area is 124 Å². The highest BCUT2D eigenvalue weighted by atomic mass is 32.2. The van der Waals surface area contributed by atoms with Gasteiger partial charge in [-0.25, -0.2) is 8.42 Å². The van der Waals surface area contributed by atoms with Crippen LogP contribution in [0.1, 0.15) is 18.4 Å². The molecule has 2 saturated heterocycles. The van der Waals surface area contributed by atoms with E-state index in [-0.39, 0.29) is 0 Å². The van der Waals surface area contributed by atoms with Gasteiger partial charge in [0.1, 0.15) is 0 Å². The molecule has 0 unspecified atom stereocenters. The number of nitrogens with zero attached hydrogens (tertiary/aromatic N) is 1. The van der Waals surface area contributed by atoms with Crippen molar-refractivity contribution in [3.05, 3.63) is 35.2 Å². The molecular formula is C15H17NO4S. The summed E-state index contributed by atoms with van der Waals surface area (Å²) in [6.45, 7) is 2.80. The zero-order valence-corrected chi connectivity index (χ0v) is 12.4. The lowest BCUT2D eigenvalue weighted by atomic mass is 10.0. The second-order valence-corrected chi connectivity index (χ2v) is 7.40. The van der Waals surface area contributed by atoms with Crippen LogP contribution in [-0.2, 0) is 19.3 Å². The van der Waals surface area contributed by atoms with E-state index in [1.807, 2.05) is 12.1 Å². The summed E-state index contributed by atoms with van der Waals surface area (Å²) in [5.74, 6) is -0.436. The van der Waals surface area contributed by atoms with Crippen molar-refractivity contribution in [2.24, 2.45) is 0 Å². The molecule has 0 bridgehead atoms. The Hall–Kier alpha value is -1.37. The minimum Gasteiger partial charge on any atom is -0.370 e. The number of ether oxygens (including phenoxy) is 2. The van der Waals surface area contributed by atoms with Crippen LogP contribution >= 0.6 is 0 Å². The summed E-state index contributed by atoms with van der Waals surface area (Å²) in [5, 5.41) is 1.39. The maximum Gasteiger partial charge on any atom is 0.202 e. The average molecular weight is 307 g/mol. The van der Waals surface area contributed by atoms with Gasteiger partial charge in [0.25, 0.3) is 0 Å². The van der Waals surface area contributed by atoms with Crippen LogP contribution in [0.2, 0.25) is 0 Å². The van der Waals surface area contributed by atoms with Crippen molar-refractivity contribution in [2.45, 2.75) is 23.5 Å². The Morgan fingerprint density at radius 1 is 1.05 bits per heavy atom. The fraction of sp³-hybridized carbons (Fsp3) is 0.467. The van der Waals surface area contributed by atoms with Gasteiger partial charge < -0.3 is 14.4 Å². The second-order valence-electron chi connectivity index (χ2n) is 5.64. The first-order valence-electron chi connectivity index (χ1n) is 7.19. The Morgan fingerprint density at radius 2 is 1.71 bits per heavy atom. The molecule has 0 amide bonds. The fourth-order valence-corrected chi connectivity index (χ4v) is 4.76. The molecule has 0 N–H and O–H groups in total. The van der Waals surface area contributed by atoms with E-state index in [0.717, 1.165) is 37.2 Å². The van der Waals surface area contributed by atoms with Gasteiger partial charge >= 0.3 is 0 Å². The highest BCUT2D eigenvalue weighted by Gasteiger charge is 2.41. The lowest BCUT2D eigenvalue weighted by Gasteiger charge is -2.39. The molecule has 112 valence electrons. The predicted octanol–water partition coefficient (Wildman–Crippen LogP) is 1.61. The van der Waals surface area contributed by atoms with Gasteiger partial charge in [0.05, 0.1) is 29.2 Å². The summed E-state index contributed by atoms with van der Waals surface area (Å²) in [4.78, 5) is 2.54. The molecule has 3 heterocycles. The maximum absolute atomic E-state index is 12.2. The predicted molar refractivity (Wildman–Crippen MR) is 77.0 cm³/mol. The molecule has 0 radical (unpaired) electrons. The molecule has 21 heavy (non-hydrogen) atoms. The summed E-state index contributed by atoms with van der Waals surface area (Å²) < 4.78 is 35.8. The number of likely N-dealkylation sites (tertiary alicyclic amines) is 1. The molecule has 1 aromatic rings. The van der Waals surface area contributed by atoms with E-state index in [1.165, 1.54) is 5.41 Å². The van der Waals surface area contributed by atoms with E-state index in [9.17, 15) is 8.42 Å². The van der Waals surface area contributed by atoms with Crippen LogP contribution in [0.25, 0.3) is 5.70 Å². The molecule has 1 aromatic carbocycles. The van der Waals surface area contributed by atoms with Crippen molar-refractivity contribution in [3.63, 3.8) is 0 Å². The van der Waals surface area contributed by atoms with E-state index in [1.54, 1.807) is 12.1 Å². The standard InChI is InChI=1S/C15H17NO4S/c17-21(18)11-13(12-3-1-2-4-14(12)21)16-7-5-15(6-8-16)19-9-10-20-15/h1-4,11H,5-10H2. The van der Waals surface area contributed by atoms with Crippen molar-refractivity contribution in [1.82, 2.24) is 4.90 Å². The summed E-state index contributed by atoms with van der Waals surface area (Å²) >= 11 is 0. The molecule has 1 spiro atoms. The van der Waals surface area contributed by atoms with Crippen molar-refractivity contribution < 1.29 is 17.9 Å². The number of fused-ring (bicyclic) bond motifs is 1. The van der Waals surface area contributed by atoms with Crippen LogP contribution in [0.3, 0.4) is 0 Å². The van der Waals surface area contributed by atoms with E-state index in [2.05, 4.69) is 4.90 Å². The number of rotatable bonds is 1. The third-order valence-electron chi connectivity index (χ3n) is 4.42. The molecule has 0 aromatic heterocycles. The van der Waals surface area contributed by atoms with Gasteiger partial charge in [-0.2, -0.15) is 0 Å². The number of hydrogen-bond donors (Lipinski definition) is 0. The van der Waals surface area contributed by atoms with E-state index >= 15 is 0 Å². The summed E-state index contributed by atoms with van der Waals surface area (Å²) in [7, 11) is -3.30. The van der Waals surface area contributed by atoms with Crippen LogP contribution in [0.4, 0.5) is 0 Å². The minimum absolute atomic E-state index is 0.411. The van der Waals surface area contributed by atoms with E-state index < -0.39 is 15.6 Å². The quantitative estimate of drug-likeness (QED) is 0.789. The highest BCUT2D eigenvalue weighted by Crippen LogP contribution is 2.39. The molecule has 2 fully saturated rings. The third kappa shape index (κ3) is 2.09. The van der Waals surface area contributed by atoms with Gasteiger partial charge in [-0.3, -0.25) is 0 Å². The lowest BCUT2D eigenvalue weighted by molar-refractivity contribution is -0.181. The zero-order chi connectivity index (χ0) is 14.5. The van der Waals surface area contributed by atoms with Crippen LogP contribution in [0.5, 0.6) is 0 Å². The van der Waals surface area contributed by atoms with Crippen molar-refractivity contribution >= 4 is 15.5 Å². The summed E-state index contributed by atoms with van der Waals surface area (Å²) in [5.41, 5.74) is 1.61. The fourth-order valence-electron chi connectivity index (χ4n) is 3.32. The first-order valence-corrected chi connectivity index (χ1v) is 8.73. The molecule has 0 atom stereocenters. The Morgan fingerprint density at radius 3 is 2.43 bits per heavy atom. The Balaban J connectivity index is 1.61. The average Bonchev–Trinajstić information content (AvgIpc) is 3.04. The van der Waals surface area contributed by atoms with Gasteiger partial charge in [-0.15, -0.1) is 0 Å². The first-order chi connectivity index (χ1) is 10.1. The van der Waals surface area contributed by atoms with Crippen molar-refractivity contribution in [1.29, 1.82) is 0 Å². The van der Waals surface area contributed by atoms with Crippen LogP contribution in [-0.4, -0.2) is 45.4 Å². The monoisotopic (exact) mass is 307 g/mol. The molecule has 3 aliphatic rings. The molecule has 0 aliphatic carbocycles. The summed E-state index contributed by atoms with van der Waals surface area (Å²) in [6.07, 6.45) is 1.54. The number of piperidine rings is 1. The number of hydrogen-bond acceptors (Lipinski definition) is 5. The third-order valence-corrected chi connectivity index (χ3v) is 5.92. The molecular weight excluding hydrogens is 290 g/mol. The number of benzene rings is 1. The van der Waals surface area contributed by atoms with Crippen molar-refractivity contribution in [2.75, 3.05) is 26.3 Å². The molecule has 0 saturated carbocycles. The van der Waals surface area contributed by atoms with Gasteiger partial charge in [0, 0.05) is 31.5 Å². The maximum atomic E-state index is 12.2. The first kappa shape index (κ1) is 13.3. The summed E-state index contributed by atoms with van der Waals surface area (Å²) in [6, 6.07) is 7.18. The molecule has 5 nitrogen and oxygen atoms in total. The number of sulfone groups is 1. The van der Waals surface area contributed by atoms with Crippen LogP contribution in [0.15, 0.2) is 34.6 Å². The highest BCUT2D eigenvalue weighted by molar-refractivity contribution is 7.94. The van der Waals surface area contributed by atoms with E-state index in [4.69, 9.17) is 9.47 Å². The van der Waals surface area contributed by atoms with Gasteiger partial charge in [0.2, 0.25) is 9.84 Å². The van der Waals surface area contributed by atoms with Gasteiger partial charge in [0.15, 0.2) is 5.79 Å². The second kappa shape index (κ2) is 4.56. The smallest absolute Gasteiger partial charge is 0.202 e. The molecule has 6 heteroatoms. The van der Waals surface area contributed by atoms with Crippen molar-refractivity contribution in [3.8, 4) is 0 Å². The van der Waals surface area contributed by atoms with E-state index in [0.29, 0.717) is 18.1 Å². The Kier molecular flexibility index (Phi) is 2.89. The van der Waals surface area contributed by atoms with Crippen LogP contribution < -0.4 is 0 Å². The normalized spacial score (nSPS) is 25.9. The lowest BCUT2D eigenvalue weighted by Crippen LogP contribution is -2.44. The van der Waals surface area contributed by atoms with Gasteiger partial charge in [-0.1, -0.05) is 18.2 Å². The SMILES string of the molecule is O=S1(=O)C=C(N2CCC3(CC2)OCCO3)c2ccccc21. The van der Waals surface area contributed by atoms with Crippen LogP contribution in [0, 0.1) is 0 Å². The topological polar surface area (TPSA) is 55.8 Å². The van der Waals surface area contributed by atoms with Gasteiger partial charge in [-0.05, 0) is 6.07 Å². The minimum atomic E-state index is -3.30. The molecule has 4 rings (SSSR count). The zero-order valence-electron chi connectivity index (χ0n) is 11.6. The Bertz CT molecular complexity index is 694.